The van der Waals surface area contributed by atoms with Gasteiger partial charge >= 0.3 is 5.63 Å². The van der Waals surface area contributed by atoms with Crippen molar-refractivity contribution >= 4 is 11.0 Å². The van der Waals surface area contributed by atoms with Crippen LogP contribution in [0.3, 0.4) is 0 Å². The summed E-state index contributed by atoms with van der Waals surface area (Å²) in [6.07, 6.45) is 2.75. The summed E-state index contributed by atoms with van der Waals surface area (Å²) in [5.74, 6) is 0.300. The normalized spacial score (nSPS) is 17.4. The number of phenols is 1. The highest BCUT2D eigenvalue weighted by Gasteiger charge is 2.23. The van der Waals surface area contributed by atoms with Gasteiger partial charge in [0.1, 0.15) is 11.3 Å². The molecule has 0 spiro atoms. The third-order valence-corrected chi connectivity index (χ3v) is 4.57. The maximum absolute atomic E-state index is 12.3. The molecule has 0 aliphatic heterocycles. The Balaban J connectivity index is 1.80. The minimum atomic E-state index is -0.289. The van der Waals surface area contributed by atoms with Crippen molar-refractivity contribution in [2.75, 3.05) is 0 Å². The molecule has 1 heterocycles. The third-order valence-electron chi connectivity index (χ3n) is 4.57. The van der Waals surface area contributed by atoms with Gasteiger partial charge in [-0.25, -0.2) is 4.79 Å². The van der Waals surface area contributed by atoms with Gasteiger partial charge in [-0.1, -0.05) is 30.3 Å². The third kappa shape index (κ3) is 2.10. The maximum atomic E-state index is 12.3. The molecular formula is C19H16O3. The van der Waals surface area contributed by atoms with Gasteiger partial charge in [-0.2, -0.15) is 0 Å². The van der Waals surface area contributed by atoms with E-state index in [0.29, 0.717) is 16.5 Å². The first-order valence-corrected chi connectivity index (χ1v) is 7.55. The van der Waals surface area contributed by atoms with Crippen LogP contribution in [-0.2, 0) is 12.8 Å². The van der Waals surface area contributed by atoms with E-state index in [9.17, 15) is 9.90 Å². The number of hydrogen-bond donors (Lipinski definition) is 1. The molecule has 1 aliphatic carbocycles. The topological polar surface area (TPSA) is 50.4 Å². The first-order valence-electron chi connectivity index (χ1n) is 7.55. The van der Waals surface area contributed by atoms with Gasteiger partial charge in [0.2, 0.25) is 0 Å². The van der Waals surface area contributed by atoms with Crippen molar-refractivity contribution in [3.05, 3.63) is 75.6 Å². The minimum absolute atomic E-state index is 0.148. The molecule has 1 atom stereocenters. The van der Waals surface area contributed by atoms with E-state index in [2.05, 4.69) is 18.2 Å². The van der Waals surface area contributed by atoms with Crippen LogP contribution in [0.15, 0.2) is 57.7 Å². The second-order valence-corrected chi connectivity index (χ2v) is 5.89. The zero-order chi connectivity index (χ0) is 15.1. The van der Waals surface area contributed by atoms with Gasteiger partial charge in [-0.3, -0.25) is 0 Å². The Bertz CT molecular complexity index is 908. The SMILES string of the molecule is O=c1oc2cccc(O)c2cc1[C@H]1CCc2ccccc2C1. The van der Waals surface area contributed by atoms with Gasteiger partial charge in [0.05, 0.1) is 5.39 Å². The van der Waals surface area contributed by atoms with E-state index in [0.717, 1.165) is 19.3 Å². The Labute approximate surface area is 127 Å². The Morgan fingerprint density at radius 1 is 1.05 bits per heavy atom. The summed E-state index contributed by atoms with van der Waals surface area (Å²) < 4.78 is 5.40. The molecule has 1 aromatic heterocycles. The van der Waals surface area contributed by atoms with E-state index < -0.39 is 0 Å². The minimum Gasteiger partial charge on any atom is -0.507 e. The van der Waals surface area contributed by atoms with Crippen molar-refractivity contribution in [2.24, 2.45) is 0 Å². The highest BCUT2D eigenvalue weighted by Crippen LogP contribution is 2.33. The lowest BCUT2D eigenvalue weighted by Crippen LogP contribution is -2.19. The van der Waals surface area contributed by atoms with Crippen LogP contribution in [0, 0.1) is 0 Å². The summed E-state index contributed by atoms with van der Waals surface area (Å²) in [5.41, 5.74) is 3.48. The van der Waals surface area contributed by atoms with E-state index in [1.807, 2.05) is 6.07 Å². The summed E-state index contributed by atoms with van der Waals surface area (Å²) in [6, 6.07) is 15.2. The number of hydrogen-bond acceptors (Lipinski definition) is 3. The monoisotopic (exact) mass is 292 g/mol. The van der Waals surface area contributed by atoms with Gasteiger partial charge in [-0.05, 0) is 54.5 Å². The molecule has 1 aliphatic rings. The predicted octanol–water partition coefficient (Wildman–Crippen LogP) is 3.77. The zero-order valence-electron chi connectivity index (χ0n) is 12.1. The van der Waals surface area contributed by atoms with Crippen molar-refractivity contribution < 1.29 is 9.52 Å². The summed E-state index contributed by atoms with van der Waals surface area (Å²) in [7, 11) is 0. The molecule has 0 saturated carbocycles. The molecule has 3 heteroatoms. The molecule has 0 unspecified atom stereocenters. The Morgan fingerprint density at radius 3 is 2.73 bits per heavy atom. The molecule has 0 amide bonds. The Morgan fingerprint density at radius 2 is 1.86 bits per heavy atom. The maximum Gasteiger partial charge on any atom is 0.339 e. The lowest BCUT2D eigenvalue weighted by Gasteiger charge is -2.24. The number of aromatic hydroxyl groups is 1. The van der Waals surface area contributed by atoms with Crippen molar-refractivity contribution in [3.8, 4) is 5.75 Å². The molecule has 4 rings (SSSR count). The molecule has 0 bridgehead atoms. The van der Waals surface area contributed by atoms with Crippen molar-refractivity contribution in [1.82, 2.24) is 0 Å². The van der Waals surface area contributed by atoms with Gasteiger partial charge in [0.15, 0.2) is 0 Å². The highest BCUT2D eigenvalue weighted by atomic mass is 16.4. The van der Waals surface area contributed by atoms with E-state index >= 15 is 0 Å². The summed E-state index contributed by atoms with van der Waals surface area (Å²) in [6.45, 7) is 0. The fourth-order valence-electron chi connectivity index (χ4n) is 3.39. The van der Waals surface area contributed by atoms with Crippen LogP contribution in [0.1, 0.15) is 29.0 Å². The van der Waals surface area contributed by atoms with Crippen molar-refractivity contribution in [3.63, 3.8) is 0 Å². The van der Waals surface area contributed by atoms with Gasteiger partial charge in [-0.15, -0.1) is 0 Å². The van der Waals surface area contributed by atoms with E-state index in [4.69, 9.17) is 4.42 Å². The summed E-state index contributed by atoms with van der Waals surface area (Å²) in [4.78, 5) is 12.3. The smallest absolute Gasteiger partial charge is 0.339 e. The first-order chi connectivity index (χ1) is 10.7. The van der Waals surface area contributed by atoms with Crippen LogP contribution in [0.5, 0.6) is 5.75 Å². The van der Waals surface area contributed by atoms with Crippen LogP contribution in [0.4, 0.5) is 0 Å². The zero-order valence-corrected chi connectivity index (χ0v) is 12.1. The molecular weight excluding hydrogens is 276 g/mol. The number of rotatable bonds is 1. The van der Waals surface area contributed by atoms with E-state index in [1.54, 1.807) is 24.3 Å². The van der Waals surface area contributed by atoms with Crippen molar-refractivity contribution in [1.29, 1.82) is 0 Å². The molecule has 22 heavy (non-hydrogen) atoms. The Kier molecular flexibility index (Phi) is 3.00. The van der Waals surface area contributed by atoms with Gasteiger partial charge in [0.25, 0.3) is 0 Å². The van der Waals surface area contributed by atoms with Crippen LogP contribution < -0.4 is 5.63 Å². The standard InChI is InChI=1S/C19H16O3/c20-17-6-3-7-18-16(17)11-15(19(21)22-18)14-9-8-12-4-1-2-5-13(12)10-14/h1-7,11,14,20H,8-10H2/t14-/m0/s1. The van der Waals surface area contributed by atoms with Crippen LogP contribution in [0.2, 0.25) is 0 Å². The molecule has 0 fully saturated rings. The Hall–Kier alpha value is -2.55. The number of phenolic OH excluding ortho intramolecular Hbond substituents is 1. The molecule has 0 radical (unpaired) electrons. The van der Waals surface area contributed by atoms with Crippen LogP contribution in [-0.4, -0.2) is 5.11 Å². The average Bonchev–Trinajstić information content (AvgIpc) is 2.54. The lowest BCUT2D eigenvalue weighted by atomic mass is 9.80. The number of aryl methyl sites for hydroxylation is 1. The fourth-order valence-corrected chi connectivity index (χ4v) is 3.39. The second kappa shape index (κ2) is 5.02. The fraction of sp³-hybridized carbons (Fsp3) is 0.211. The largest absolute Gasteiger partial charge is 0.507 e. The van der Waals surface area contributed by atoms with Gasteiger partial charge < -0.3 is 9.52 Å². The van der Waals surface area contributed by atoms with Crippen molar-refractivity contribution in [2.45, 2.75) is 25.2 Å². The average molecular weight is 292 g/mol. The first kappa shape index (κ1) is 13.1. The molecule has 3 aromatic rings. The quantitative estimate of drug-likeness (QED) is 0.695. The second-order valence-electron chi connectivity index (χ2n) is 5.89. The summed E-state index contributed by atoms with van der Waals surface area (Å²) >= 11 is 0. The number of benzene rings is 2. The molecule has 2 aromatic carbocycles. The molecule has 0 saturated heterocycles. The summed E-state index contributed by atoms with van der Waals surface area (Å²) in [5, 5.41) is 10.6. The van der Waals surface area contributed by atoms with Crippen LogP contribution >= 0.6 is 0 Å². The molecule has 3 nitrogen and oxygen atoms in total. The van der Waals surface area contributed by atoms with E-state index in [-0.39, 0.29) is 17.3 Å². The predicted molar refractivity (Wildman–Crippen MR) is 85.4 cm³/mol. The highest BCUT2D eigenvalue weighted by molar-refractivity contribution is 5.83. The molecule has 110 valence electrons. The van der Waals surface area contributed by atoms with Crippen LogP contribution in [0.25, 0.3) is 11.0 Å². The van der Waals surface area contributed by atoms with E-state index in [1.165, 1.54) is 11.1 Å². The molecule has 1 N–H and O–H groups in total. The van der Waals surface area contributed by atoms with Gasteiger partial charge in [0, 0.05) is 5.56 Å². The lowest BCUT2D eigenvalue weighted by molar-refractivity contribution is 0.476. The number of fused-ring (bicyclic) bond motifs is 2.